The van der Waals surface area contributed by atoms with Gasteiger partial charge in [0.1, 0.15) is 11.4 Å². The first kappa shape index (κ1) is 10.4. The van der Waals surface area contributed by atoms with Gasteiger partial charge < -0.3 is 14.7 Å². The number of hydrogen-bond donors (Lipinski definition) is 1. The molecular weight excluding hydrogens is 212 g/mol. The van der Waals surface area contributed by atoms with Gasteiger partial charge in [-0.15, -0.1) is 0 Å². The van der Waals surface area contributed by atoms with Crippen LogP contribution >= 0.6 is 0 Å². The number of hydrogen-bond acceptors (Lipinski definition) is 4. The highest BCUT2D eigenvalue weighted by molar-refractivity contribution is 5.97. The van der Waals surface area contributed by atoms with Crippen LogP contribution in [0.4, 0.5) is 5.69 Å². The number of rotatable bonds is 3. The second kappa shape index (κ2) is 4.18. The lowest BCUT2D eigenvalue weighted by Gasteiger charge is -2.28. The highest BCUT2D eigenvalue weighted by Gasteiger charge is 2.25. The van der Waals surface area contributed by atoms with Gasteiger partial charge in [0.15, 0.2) is 6.61 Å². The summed E-state index contributed by atoms with van der Waals surface area (Å²) in [5.74, 6) is -0.633. The SMILES string of the molecule is O=C(O)CCN1C(=O)COc2ccncc21. The summed E-state index contributed by atoms with van der Waals surface area (Å²) in [4.78, 5) is 27.3. The zero-order chi connectivity index (χ0) is 11.5. The first-order valence-corrected chi connectivity index (χ1v) is 4.77. The number of carboxylic acids is 1. The van der Waals surface area contributed by atoms with Crippen molar-refractivity contribution in [1.29, 1.82) is 0 Å². The van der Waals surface area contributed by atoms with Crippen molar-refractivity contribution in [3.63, 3.8) is 0 Å². The third kappa shape index (κ3) is 1.95. The normalized spacial score (nSPS) is 14.2. The Bertz CT molecular complexity index is 433. The molecule has 1 amide bonds. The minimum absolute atomic E-state index is 0.0589. The molecule has 16 heavy (non-hydrogen) atoms. The van der Waals surface area contributed by atoms with E-state index in [4.69, 9.17) is 9.84 Å². The highest BCUT2D eigenvalue weighted by atomic mass is 16.5. The molecule has 0 saturated heterocycles. The number of fused-ring (bicyclic) bond motifs is 1. The summed E-state index contributed by atoms with van der Waals surface area (Å²) < 4.78 is 5.19. The number of pyridine rings is 1. The lowest BCUT2D eigenvalue weighted by molar-refractivity contribution is -0.136. The molecule has 6 heteroatoms. The molecule has 2 rings (SSSR count). The van der Waals surface area contributed by atoms with Crippen LogP contribution in [0.5, 0.6) is 5.75 Å². The molecule has 1 aromatic rings. The van der Waals surface area contributed by atoms with Crippen LogP contribution in [0, 0.1) is 0 Å². The zero-order valence-electron chi connectivity index (χ0n) is 8.42. The van der Waals surface area contributed by atoms with Crippen LogP contribution in [0.1, 0.15) is 6.42 Å². The van der Waals surface area contributed by atoms with Crippen LogP contribution in [-0.4, -0.2) is 35.1 Å². The van der Waals surface area contributed by atoms with E-state index in [0.29, 0.717) is 11.4 Å². The minimum atomic E-state index is -0.940. The summed E-state index contributed by atoms with van der Waals surface area (Å²) in [6, 6.07) is 1.65. The van der Waals surface area contributed by atoms with E-state index in [1.54, 1.807) is 12.3 Å². The zero-order valence-corrected chi connectivity index (χ0v) is 8.42. The Labute approximate surface area is 91.5 Å². The number of amides is 1. The molecule has 0 radical (unpaired) electrons. The van der Waals surface area contributed by atoms with Crippen LogP contribution in [0.3, 0.4) is 0 Å². The van der Waals surface area contributed by atoms with Gasteiger partial charge in [-0.25, -0.2) is 0 Å². The van der Waals surface area contributed by atoms with Crippen molar-refractivity contribution in [3.05, 3.63) is 18.5 Å². The molecule has 0 aromatic carbocycles. The fraction of sp³-hybridized carbons (Fsp3) is 0.300. The first-order chi connectivity index (χ1) is 7.68. The van der Waals surface area contributed by atoms with Gasteiger partial charge in [0, 0.05) is 18.8 Å². The van der Waals surface area contributed by atoms with Gasteiger partial charge in [-0.2, -0.15) is 0 Å². The Hall–Kier alpha value is -2.11. The van der Waals surface area contributed by atoms with Crippen molar-refractivity contribution in [1.82, 2.24) is 4.98 Å². The molecular formula is C10H10N2O4. The third-order valence-electron chi connectivity index (χ3n) is 2.25. The number of nitrogens with zero attached hydrogens (tertiary/aromatic N) is 2. The molecule has 0 fully saturated rings. The van der Waals surface area contributed by atoms with E-state index in [0.717, 1.165) is 0 Å². The largest absolute Gasteiger partial charge is 0.481 e. The third-order valence-corrected chi connectivity index (χ3v) is 2.25. The average molecular weight is 222 g/mol. The van der Waals surface area contributed by atoms with E-state index < -0.39 is 5.97 Å². The second-order valence-corrected chi connectivity index (χ2v) is 3.32. The van der Waals surface area contributed by atoms with Gasteiger partial charge in [0.25, 0.3) is 5.91 Å². The maximum Gasteiger partial charge on any atom is 0.305 e. The molecule has 1 aliphatic rings. The summed E-state index contributed by atoms with van der Waals surface area (Å²) in [6.45, 7) is 0.0762. The lowest BCUT2D eigenvalue weighted by atomic mass is 10.2. The number of ether oxygens (including phenoxy) is 1. The molecule has 0 spiro atoms. The van der Waals surface area contributed by atoms with Crippen LogP contribution in [0.25, 0.3) is 0 Å². The first-order valence-electron chi connectivity index (χ1n) is 4.77. The van der Waals surface area contributed by atoms with Crippen LogP contribution in [0.15, 0.2) is 18.5 Å². The summed E-state index contributed by atoms with van der Waals surface area (Å²) in [6.07, 6.45) is 2.96. The maximum absolute atomic E-state index is 11.5. The second-order valence-electron chi connectivity index (χ2n) is 3.32. The Morgan fingerprint density at radius 1 is 1.62 bits per heavy atom. The quantitative estimate of drug-likeness (QED) is 0.794. The monoisotopic (exact) mass is 222 g/mol. The summed E-state index contributed by atoms with van der Waals surface area (Å²) in [7, 11) is 0. The number of aliphatic carboxylic acids is 1. The van der Waals surface area contributed by atoms with E-state index in [9.17, 15) is 9.59 Å². The standard InChI is InChI=1S/C10H10N2O4/c13-9-6-16-8-1-3-11-5-7(8)12(9)4-2-10(14)15/h1,3,5H,2,4,6H2,(H,14,15). The van der Waals surface area contributed by atoms with Gasteiger partial charge in [-0.1, -0.05) is 0 Å². The predicted molar refractivity (Wildman–Crippen MR) is 54.3 cm³/mol. The van der Waals surface area contributed by atoms with Crippen molar-refractivity contribution >= 4 is 17.6 Å². The van der Waals surface area contributed by atoms with Crippen molar-refractivity contribution in [2.24, 2.45) is 0 Å². The van der Waals surface area contributed by atoms with Crippen molar-refractivity contribution in [3.8, 4) is 5.75 Å². The van der Waals surface area contributed by atoms with E-state index in [-0.39, 0.29) is 25.5 Å². The minimum Gasteiger partial charge on any atom is -0.481 e. The predicted octanol–water partition coefficient (Wildman–Crippen LogP) is 0.282. The number of carboxylic acid groups (broad SMARTS) is 1. The Morgan fingerprint density at radius 2 is 2.44 bits per heavy atom. The number of anilines is 1. The molecule has 0 aliphatic carbocycles. The smallest absolute Gasteiger partial charge is 0.305 e. The fourth-order valence-corrected chi connectivity index (χ4v) is 1.50. The highest BCUT2D eigenvalue weighted by Crippen LogP contribution is 2.30. The molecule has 1 aromatic heterocycles. The van der Waals surface area contributed by atoms with Gasteiger partial charge in [-0.05, 0) is 0 Å². The van der Waals surface area contributed by atoms with Gasteiger partial charge in [0.2, 0.25) is 0 Å². The van der Waals surface area contributed by atoms with Crippen molar-refractivity contribution < 1.29 is 19.4 Å². The molecule has 0 bridgehead atoms. The Balaban J connectivity index is 2.23. The van der Waals surface area contributed by atoms with Crippen LogP contribution in [-0.2, 0) is 9.59 Å². The number of carbonyl (C=O) groups is 2. The lowest BCUT2D eigenvalue weighted by Crippen LogP contribution is -2.40. The topological polar surface area (TPSA) is 79.7 Å². The van der Waals surface area contributed by atoms with E-state index >= 15 is 0 Å². The summed E-state index contributed by atoms with van der Waals surface area (Å²) >= 11 is 0. The van der Waals surface area contributed by atoms with Gasteiger partial charge in [-0.3, -0.25) is 14.6 Å². The van der Waals surface area contributed by atoms with Crippen molar-refractivity contribution in [2.75, 3.05) is 18.1 Å². The molecule has 6 nitrogen and oxygen atoms in total. The van der Waals surface area contributed by atoms with Crippen molar-refractivity contribution in [2.45, 2.75) is 6.42 Å². The molecule has 0 saturated carbocycles. The average Bonchev–Trinajstić information content (AvgIpc) is 2.27. The number of aromatic nitrogens is 1. The van der Waals surface area contributed by atoms with Gasteiger partial charge >= 0.3 is 5.97 Å². The van der Waals surface area contributed by atoms with Gasteiger partial charge in [0.05, 0.1) is 12.6 Å². The number of carbonyl (C=O) groups excluding carboxylic acids is 1. The Kier molecular flexibility index (Phi) is 2.72. The molecule has 0 unspecified atom stereocenters. The van der Waals surface area contributed by atoms with E-state index in [2.05, 4.69) is 4.98 Å². The molecule has 1 aliphatic heterocycles. The summed E-state index contributed by atoms with van der Waals surface area (Å²) in [5.41, 5.74) is 0.528. The summed E-state index contributed by atoms with van der Waals surface area (Å²) in [5, 5.41) is 8.59. The molecule has 84 valence electrons. The van der Waals surface area contributed by atoms with E-state index in [1.165, 1.54) is 11.1 Å². The Morgan fingerprint density at radius 3 is 3.19 bits per heavy atom. The molecule has 1 N–H and O–H groups in total. The maximum atomic E-state index is 11.5. The fourth-order valence-electron chi connectivity index (χ4n) is 1.50. The van der Waals surface area contributed by atoms with Crippen LogP contribution in [0.2, 0.25) is 0 Å². The van der Waals surface area contributed by atoms with Crippen LogP contribution < -0.4 is 9.64 Å². The molecule has 2 heterocycles. The van der Waals surface area contributed by atoms with E-state index in [1.807, 2.05) is 0 Å². The molecule has 0 atom stereocenters.